The molecule has 0 saturated carbocycles. The Bertz CT molecular complexity index is 4560. The van der Waals surface area contributed by atoms with Crippen LogP contribution in [0.1, 0.15) is 155 Å². The molecule has 0 N–H and O–H groups in total. The van der Waals surface area contributed by atoms with Gasteiger partial charge in [-0.3, -0.25) is 0 Å². The normalized spacial score (nSPS) is 14.8. The quantitative estimate of drug-likeness (QED) is 0.147. The number of benzene rings is 11. The summed E-state index contributed by atoms with van der Waals surface area (Å²) in [6.45, 7) is 37.4. The van der Waals surface area contributed by atoms with E-state index in [1.165, 1.54) is 122 Å². The van der Waals surface area contributed by atoms with Crippen molar-refractivity contribution in [1.82, 2.24) is 0 Å². The maximum absolute atomic E-state index is 2.77. The van der Waals surface area contributed by atoms with E-state index in [4.69, 9.17) is 0 Å². The zero-order chi connectivity index (χ0) is 63.2. The van der Waals surface area contributed by atoms with E-state index in [0.29, 0.717) is 0 Å². The minimum atomic E-state index is -0.313. The van der Waals surface area contributed by atoms with E-state index in [-0.39, 0.29) is 39.3 Å². The van der Waals surface area contributed by atoms with Gasteiger partial charge in [0.2, 0.25) is 0 Å². The molecule has 14 rings (SSSR count). The molecule has 2 aliphatic heterocycles. The van der Waals surface area contributed by atoms with Crippen LogP contribution in [0.5, 0.6) is 0 Å². The number of hydrogen-bond acceptors (Lipinski definition) is 3. The average molecular weight is 1170 g/mol. The van der Waals surface area contributed by atoms with Gasteiger partial charge in [-0.05, 0) is 183 Å². The Hall–Kier alpha value is -8.86. The van der Waals surface area contributed by atoms with Crippen LogP contribution in [0, 0.1) is 0 Å². The highest BCUT2D eigenvalue weighted by Gasteiger charge is 2.50. The Kier molecular flexibility index (Phi) is 13.6. The molecule has 0 aromatic heterocycles. The highest BCUT2D eigenvalue weighted by Crippen LogP contribution is 2.57. The molecule has 0 radical (unpaired) electrons. The molecule has 448 valence electrons. The van der Waals surface area contributed by atoms with Crippen molar-refractivity contribution in [3.63, 3.8) is 0 Å². The van der Waals surface area contributed by atoms with Gasteiger partial charge in [0.05, 0.1) is 5.69 Å². The Morgan fingerprint density at radius 2 is 0.756 bits per heavy atom. The van der Waals surface area contributed by atoms with Gasteiger partial charge in [-0.15, -0.1) is 0 Å². The van der Waals surface area contributed by atoms with Crippen LogP contribution < -0.4 is 25.5 Å². The third kappa shape index (κ3) is 9.62. The monoisotopic (exact) mass is 1170 g/mol. The van der Waals surface area contributed by atoms with Crippen molar-refractivity contribution >= 4 is 74.0 Å². The fourth-order valence-electron chi connectivity index (χ4n) is 15.1. The van der Waals surface area contributed by atoms with Gasteiger partial charge in [-0.25, -0.2) is 0 Å². The van der Waals surface area contributed by atoms with Crippen LogP contribution in [0.2, 0.25) is 0 Å². The minimum Gasteiger partial charge on any atom is -0.376 e. The van der Waals surface area contributed by atoms with Gasteiger partial charge >= 0.3 is 6.85 Å². The first kappa shape index (κ1) is 58.8. The molecule has 3 nitrogen and oxygen atoms in total. The summed E-state index contributed by atoms with van der Waals surface area (Å²) >= 11 is 0. The number of fused-ring (bicyclic) bond motifs is 8. The van der Waals surface area contributed by atoms with Crippen LogP contribution >= 0.6 is 0 Å². The third-order valence-electron chi connectivity index (χ3n) is 20.3. The fourth-order valence-corrected chi connectivity index (χ4v) is 15.1. The van der Waals surface area contributed by atoms with Gasteiger partial charge in [0.25, 0.3) is 0 Å². The highest BCUT2D eigenvalue weighted by molar-refractivity contribution is 6.94. The van der Waals surface area contributed by atoms with Gasteiger partial charge in [0.1, 0.15) is 0 Å². The molecule has 90 heavy (non-hydrogen) atoms. The summed E-state index contributed by atoms with van der Waals surface area (Å²) < 4.78 is 0. The summed E-state index contributed by atoms with van der Waals surface area (Å²) in [7, 11) is 0. The zero-order valence-corrected chi connectivity index (χ0v) is 55.9. The van der Waals surface area contributed by atoms with E-state index in [2.05, 4.69) is 356 Å². The van der Waals surface area contributed by atoms with Crippen molar-refractivity contribution in [3.8, 4) is 33.4 Å². The van der Waals surface area contributed by atoms with E-state index in [0.717, 1.165) is 22.7 Å². The lowest BCUT2D eigenvalue weighted by atomic mass is 9.42. The molecule has 0 fully saturated rings. The van der Waals surface area contributed by atoms with Crippen LogP contribution in [0.25, 0.3) is 44.2 Å². The molecule has 3 aliphatic rings. The standard InChI is InChI=1S/C86H86BN3/c1-81(2,3)58-35-41-62(42-36-58)88(63-43-37-59(38-44-63)82(4,5)6)64-45-48-76-68(52-64)79-65-32-24-23-31-57(65)49-78-80(79)87(90(76)75-47-40-61(84(10,11)12)51-67(75)56-29-21-18-22-30-56)73-53-71-72(86(15,16)70-34-26-25-33-69(70)85(71,13)14)54-77(73)89(78)74-46-39-60(83(7,8)9)50-66(74)55-27-19-17-20-28-55/h17-54H,1-16H3. The lowest BCUT2D eigenvalue weighted by molar-refractivity contribution is 0.521. The number of nitrogens with zero attached hydrogens (tertiary/aromatic N) is 3. The second kappa shape index (κ2) is 20.9. The molecular weight excluding hydrogens is 1090 g/mol. The smallest absolute Gasteiger partial charge is 0.333 e. The summed E-state index contributed by atoms with van der Waals surface area (Å²) in [6.07, 6.45) is 0. The number of anilines is 8. The van der Waals surface area contributed by atoms with Crippen LogP contribution in [0.15, 0.2) is 231 Å². The largest absolute Gasteiger partial charge is 0.376 e. The molecule has 0 amide bonds. The van der Waals surface area contributed by atoms with Gasteiger partial charge in [-0.1, -0.05) is 262 Å². The third-order valence-corrected chi connectivity index (χ3v) is 20.3. The molecule has 0 bridgehead atoms. The molecule has 0 atom stereocenters. The second-order valence-electron chi connectivity index (χ2n) is 31.1. The summed E-state index contributed by atoms with van der Waals surface area (Å²) in [5.41, 5.74) is 29.0. The molecule has 11 aromatic carbocycles. The zero-order valence-electron chi connectivity index (χ0n) is 55.9. The molecular formula is C86H86BN3. The van der Waals surface area contributed by atoms with Crippen molar-refractivity contribution in [2.75, 3.05) is 14.6 Å². The van der Waals surface area contributed by atoms with E-state index in [1.807, 2.05) is 0 Å². The second-order valence-corrected chi connectivity index (χ2v) is 31.1. The first-order chi connectivity index (χ1) is 42.7. The topological polar surface area (TPSA) is 9.72 Å². The van der Waals surface area contributed by atoms with E-state index >= 15 is 0 Å². The van der Waals surface area contributed by atoms with Crippen molar-refractivity contribution in [1.29, 1.82) is 0 Å². The number of hydrogen-bond donors (Lipinski definition) is 0. The Labute approximate surface area is 537 Å². The molecule has 1 aliphatic carbocycles. The van der Waals surface area contributed by atoms with E-state index in [9.17, 15) is 0 Å². The molecule has 0 saturated heterocycles. The molecule has 0 spiro atoms. The van der Waals surface area contributed by atoms with Crippen LogP contribution in [-0.4, -0.2) is 6.85 Å². The van der Waals surface area contributed by atoms with Gasteiger partial charge in [0.15, 0.2) is 0 Å². The Morgan fingerprint density at radius 1 is 0.333 bits per heavy atom. The van der Waals surface area contributed by atoms with Crippen molar-refractivity contribution in [2.45, 2.75) is 143 Å². The van der Waals surface area contributed by atoms with Crippen LogP contribution in [0.3, 0.4) is 0 Å². The number of rotatable bonds is 7. The lowest BCUT2D eigenvalue weighted by Gasteiger charge is -2.49. The lowest BCUT2D eigenvalue weighted by Crippen LogP contribution is -2.62. The SMILES string of the molecule is CC(C)(C)c1ccc(N(c2ccc(C(C)(C)C)cc2)c2ccc3c(c2)-c2c4c(cc5ccccc25)N(c2ccc(C(C)(C)C)cc2-c2ccccc2)c2cc5c(cc2B4N3c2ccc(C(C)(C)C)cc2-c2ccccc2)C(C)(C)c2ccccc2C5(C)C)cc1. The molecule has 2 heterocycles. The predicted molar refractivity (Wildman–Crippen MR) is 389 cm³/mol. The van der Waals surface area contributed by atoms with Gasteiger partial charge < -0.3 is 14.6 Å². The average Bonchev–Trinajstić information content (AvgIpc) is 0.681. The first-order valence-electron chi connectivity index (χ1n) is 32.7. The molecule has 11 aromatic rings. The maximum Gasteiger partial charge on any atom is 0.333 e. The van der Waals surface area contributed by atoms with E-state index < -0.39 is 0 Å². The summed E-state index contributed by atoms with van der Waals surface area (Å²) in [4.78, 5) is 7.95. The predicted octanol–water partition coefficient (Wildman–Crippen LogP) is 22.5. The highest BCUT2D eigenvalue weighted by atomic mass is 15.2. The van der Waals surface area contributed by atoms with Crippen molar-refractivity contribution in [3.05, 3.63) is 275 Å². The fraction of sp³-hybridized carbons (Fsp3) is 0.256. The van der Waals surface area contributed by atoms with Crippen LogP contribution in [0.4, 0.5) is 45.5 Å². The van der Waals surface area contributed by atoms with Crippen LogP contribution in [-0.2, 0) is 32.5 Å². The Morgan fingerprint density at radius 3 is 1.28 bits per heavy atom. The summed E-state index contributed by atoms with van der Waals surface area (Å²) in [5.74, 6) is 0. The summed E-state index contributed by atoms with van der Waals surface area (Å²) in [5, 5.41) is 2.44. The van der Waals surface area contributed by atoms with Gasteiger partial charge in [0, 0.05) is 67.3 Å². The van der Waals surface area contributed by atoms with Gasteiger partial charge in [-0.2, -0.15) is 0 Å². The molecule has 4 heteroatoms. The Balaban J connectivity index is 1.15. The minimum absolute atomic E-state index is 0.000577. The maximum atomic E-state index is 2.77. The summed E-state index contributed by atoms with van der Waals surface area (Å²) in [6, 6.07) is 89.3. The van der Waals surface area contributed by atoms with Crippen molar-refractivity contribution in [2.24, 2.45) is 0 Å². The van der Waals surface area contributed by atoms with E-state index in [1.54, 1.807) is 0 Å². The molecule has 0 unspecified atom stereocenters. The first-order valence-corrected chi connectivity index (χ1v) is 32.7. The van der Waals surface area contributed by atoms with Crippen molar-refractivity contribution < 1.29 is 0 Å².